The van der Waals surface area contributed by atoms with Gasteiger partial charge < -0.3 is 66.3 Å². The highest BCUT2D eigenvalue weighted by atomic mass is 19.4. The zero-order valence-electron chi connectivity index (χ0n) is 34.3. The molecule has 0 aliphatic heterocycles. The number of halogens is 3. The van der Waals surface area contributed by atoms with Gasteiger partial charge in [-0.1, -0.05) is 48.5 Å². The molecule has 0 radical (unpaired) electrons. The molecule has 0 spiro atoms. The second-order valence-electron chi connectivity index (χ2n) is 14.7. The van der Waals surface area contributed by atoms with Crippen molar-refractivity contribution in [2.75, 3.05) is 39.4 Å². The second-order valence-corrected chi connectivity index (χ2v) is 14.7. The Morgan fingerprint density at radius 1 is 0.726 bits per heavy atom. The Morgan fingerprint density at radius 2 is 1.18 bits per heavy atom. The van der Waals surface area contributed by atoms with Crippen LogP contribution in [0.2, 0.25) is 0 Å². The van der Waals surface area contributed by atoms with Crippen LogP contribution in [0.15, 0.2) is 73.1 Å². The molecule has 344 valence electrons. The lowest BCUT2D eigenvalue weighted by atomic mass is 10.00. The quantitative estimate of drug-likeness (QED) is 0.0368. The fraction of sp³-hybridized carbons (Fsp3) is 0.500. The van der Waals surface area contributed by atoms with Crippen molar-refractivity contribution in [3.63, 3.8) is 0 Å². The van der Waals surface area contributed by atoms with Gasteiger partial charge in [0.05, 0.1) is 38.5 Å². The van der Waals surface area contributed by atoms with E-state index in [4.69, 9.17) is 20.1 Å². The first kappa shape index (κ1) is 51.8. The van der Waals surface area contributed by atoms with Crippen molar-refractivity contribution in [1.29, 1.82) is 0 Å². The van der Waals surface area contributed by atoms with E-state index in [1.54, 1.807) is 0 Å². The summed E-state index contributed by atoms with van der Waals surface area (Å²) in [4.78, 5) is 23.2. The molecule has 0 saturated carbocycles. The number of fused-ring (bicyclic) bond motifs is 1. The number of carbonyl (C=O) groups is 2. The van der Waals surface area contributed by atoms with Crippen LogP contribution in [-0.2, 0) is 30.7 Å². The summed E-state index contributed by atoms with van der Waals surface area (Å²) < 4.78 is 35.8. The maximum atomic E-state index is 12.9. The van der Waals surface area contributed by atoms with Gasteiger partial charge in [0.2, 0.25) is 6.33 Å². The summed E-state index contributed by atoms with van der Waals surface area (Å²) in [7, 11) is 0. The van der Waals surface area contributed by atoms with Crippen molar-refractivity contribution in [3.8, 4) is 11.1 Å². The highest BCUT2D eigenvalue weighted by Crippen LogP contribution is 2.22. The standard InChI is InChI=1S/C40H56N4O11.C2HF3O2/c1-3-43-24-44(4-2)31-19-29(13-14-30(31)43)40(55)41-17-15-25-5-9-27(10-6-25)28-11-7-26(8-12-28)16-18-42(20-32(47)36(51)38(53)34(49)22-45)21-33(48)37(52)39(54)35(50)23-46;3-2(4,5)1(6)7/h5-14,19,24,32-39,45-54H,3-4,15-18,20-23H2,1-2H3;(H,6,7)/t32-,33-,34+,35+,36+,37+,38+,39+;/m0./s1. The van der Waals surface area contributed by atoms with Crippen LogP contribution in [0.25, 0.3) is 22.2 Å². The number of aliphatic carboxylic acids is 1. The van der Waals surface area contributed by atoms with Gasteiger partial charge in [-0.25, -0.2) is 9.13 Å². The average Bonchev–Trinajstić information content (AvgIpc) is 3.63. The molecule has 0 aliphatic rings. The predicted octanol–water partition coefficient (Wildman–Crippen LogP) is -2.38. The Hall–Kier alpha value is -4.58. The minimum atomic E-state index is -5.19. The highest BCUT2D eigenvalue weighted by molar-refractivity contribution is 5.97. The van der Waals surface area contributed by atoms with E-state index in [2.05, 4.69) is 34.6 Å². The fourth-order valence-corrected chi connectivity index (χ4v) is 6.50. The number of hydrogen-bond acceptors (Lipinski definition) is 14. The molecule has 0 unspecified atom stereocenters. The Labute approximate surface area is 355 Å². The van der Waals surface area contributed by atoms with Crippen LogP contribution in [0.1, 0.15) is 35.3 Å². The number of carbonyl (C=O) groups excluding carboxylic acids is 2. The number of alkyl halides is 3. The number of hydrogen-bond donors (Lipinski definition) is 11. The second kappa shape index (κ2) is 24.3. The van der Waals surface area contributed by atoms with Crippen LogP contribution in [0, 0.1) is 0 Å². The molecular weight excluding hydrogens is 825 g/mol. The Balaban J connectivity index is 0.00000134. The molecule has 62 heavy (non-hydrogen) atoms. The van der Waals surface area contributed by atoms with Crippen molar-refractivity contribution in [3.05, 3.63) is 89.7 Å². The van der Waals surface area contributed by atoms with Crippen LogP contribution < -0.4 is 15.0 Å². The monoisotopic (exact) mass is 882 g/mol. The number of carboxylic acids is 1. The van der Waals surface area contributed by atoms with Crippen LogP contribution in [0.5, 0.6) is 0 Å². The number of imidazole rings is 1. The van der Waals surface area contributed by atoms with Gasteiger partial charge in [-0.15, -0.1) is 0 Å². The molecule has 11 N–H and O–H groups in total. The molecule has 1 heterocycles. The van der Waals surface area contributed by atoms with E-state index >= 15 is 0 Å². The van der Waals surface area contributed by atoms with Gasteiger partial charge >= 0.3 is 6.18 Å². The Morgan fingerprint density at radius 3 is 1.60 bits per heavy atom. The van der Waals surface area contributed by atoms with Gasteiger partial charge in [-0.2, -0.15) is 13.2 Å². The lowest BCUT2D eigenvalue weighted by Gasteiger charge is -2.33. The molecular formula is C42H57F3N4O13. The highest BCUT2D eigenvalue weighted by Gasteiger charge is 2.34. The van der Waals surface area contributed by atoms with Crippen molar-refractivity contribution < 1.29 is 83.5 Å². The maximum Gasteiger partial charge on any atom is 0.430 e. The molecule has 0 aliphatic carbocycles. The molecule has 20 heteroatoms. The number of aromatic nitrogens is 2. The summed E-state index contributed by atoms with van der Waals surface area (Å²) in [5.74, 6) is -3.13. The first-order valence-electron chi connectivity index (χ1n) is 19.9. The number of nitrogens with one attached hydrogen (secondary N) is 1. The number of aryl methyl sites for hydroxylation is 2. The van der Waals surface area contributed by atoms with Crippen LogP contribution in [0.4, 0.5) is 13.2 Å². The van der Waals surface area contributed by atoms with Gasteiger partial charge in [0.25, 0.3) is 5.91 Å². The first-order valence-corrected chi connectivity index (χ1v) is 19.9. The smallest absolute Gasteiger partial charge is 0.430 e. The molecule has 4 aromatic rings. The van der Waals surface area contributed by atoms with Gasteiger partial charge in [0.1, 0.15) is 42.6 Å². The molecule has 0 fully saturated rings. The number of rotatable bonds is 22. The minimum absolute atomic E-state index is 0.121. The first-order chi connectivity index (χ1) is 29.2. The van der Waals surface area contributed by atoms with E-state index in [0.717, 1.165) is 46.4 Å². The number of benzene rings is 3. The van der Waals surface area contributed by atoms with E-state index < -0.39 is 74.2 Å². The van der Waals surface area contributed by atoms with Crippen molar-refractivity contribution >= 4 is 22.9 Å². The zero-order valence-corrected chi connectivity index (χ0v) is 34.3. The van der Waals surface area contributed by atoms with E-state index in [0.29, 0.717) is 24.9 Å². The van der Waals surface area contributed by atoms with E-state index in [-0.39, 0.29) is 25.5 Å². The molecule has 1 aromatic heterocycles. The van der Waals surface area contributed by atoms with Crippen molar-refractivity contribution in [1.82, 2.24) is 14.8 Å². The summed E-state index contributed by atoms with van der Waals surface area (Å²) in [5, 5.41) is 111. The Bertz CT molecular complexity index is 1960. The maximum absolute atomic E-state index is 12.9. The van der Waals surface area contributed by atoms with Gasteiger partial charge in [0.15, 0.2) is 11.0 Å². The third-order valence-electron chi connectivity index (χ3n) is 10.2. The largest absolute Gasteiger partial charge is 0.542 e. The number of aliphatic hydroxyl groups is 10. The van der Waals surface area contributed by atoms with Gasteiger partial charge in [-0.3, -0.25) is 9.69 Å². The summed E-state index contributed by atoms with van der Waals surface area (Å²) in [6.07, 6.45) is -16.2. The summed E-state index contributed by atoms with van der Waals surface area (Å²) >= 11 is 0. The molecule has 8 atom stereocenters. The summed E-state index contributed by atoms with van der Waals surface area (Å²) in [5.41, 5.74) is 6.63. The molecule has 17 nitrogen and oxygen atoms in total. The number of amides is 1. The summed E-state index contributed by atoms with van der Waals surface area (Å²) in [6.45, 7) is 4.11. The lowest BCUT2D eigenvalue weighted by molar-refractivity contribution is -0.668. The van der Waals surface area contributed by atoms with Crippen LogP contribution in [-0.4, -0.2) is 167 Å². The molecule has 4 rings (SSSR count). The van der Waals surface area contributed by atoms with Crippen molar-refractivity contribution in [2.45, 2.75) is 94.8 Å². The number of carboxylic acid groups (broad SMARTS) is 1. The van der Waals surface area contributed by atoms with E-state index in [9.17, 15) is 58.8 Å². The normalized spacial score (nSPS) is 15.8. The third kappa shape index (κ3) is 14.8. The van der Waals surface area contributed by atoms with E-state index in [1.165, 1.54) is 4.90 Å². The number of nitrogens with zero attached hydrogens (tertiary/aromatic N) is 3. The fourth-order valence-electron chi connectivity index (χ4n) is 6.50. The topological polar surface area (TPSA) is 284 Å². The van der Waals surface area contributed by atoms with Gasteiger partial charge in [0, 0.05) is 37.8 Å². The third-order valence-corrected chi connectivity index (χ3v) is 10.2. The van der Waals surface area contributed by atoms with E-state index in [1.807, 2.05) is 66.7 Å². The molecule has 0 saturated heterocycles. The SMILES string of the molecule is CCn1c[n+](CC)c2ccc(C(=O)NCCc3ccc(-c4ccc(CCN(C[C@H](O)[C@@H](O)[C@H](O)[C@H](O)CO)C[C@H](O)[C@@H](O)[C@H](O)[C@H](O)CO)cc4)cc3)cc21.O=C([O-])C(F)(F)F. The van der Waals surface area contributed by atoms with Crippen LogP contribution >= 0.6 is 0 Å². The molecule has 0 bridgehead atoms. The average molecular weight is 883 g/mol. The zero-order chi connectivity index (χ0) is 46.3. The summed E-state index contributed by atoms with van der Waals surface area (Å²) in [6, 6.07) is 21.5. The lowest BCUT2D eigenvalue weighted by Crippen LogP contribution is -2.53. The van der Waals surface area contributed by atoms with Crippen molar-refractivity contribution in [2.24, 2.45) is 0 Å². The van der Waals surface area contributed by atoms with Crippen LogP contribution in [0.3, 0.4) is 0 Å². The molecule has 1 amide bonds. The number of aliphatic hydroxyl groups excluding tert-OH is 10. The minimum Gasteiger partial charge on any atom is -0.542 e. The predicted molar refractivity (Wildman–Crippen MR) is 215 cm³/mol. The van der Waals surface area contributed by atoms with Gasteiger partial charge in [-0.05, 0) is 61.1 Å². The molecule has 3 aromatic carbocycles. The Kier molecular flexibility index (Phi) is 20.3.